The second kappa shape index (κ2) is 9.33. The van der Waals surface area contributed by atoms with Crippen LogP contribution in [0.5, 0.6) is 5.75 Å². The van der Waals surface area contributed by atoms with E-state index in [2.05, 4.69) is 20.9 Å². The standard InChI is InChI=1S/C20H14BrF4NO4S/c1-29-19(28)16-6-14(17(8-27)31-16)18-15(5-12(21)7-26-18)30-9-10-2-11(20(23,24)25)4-13(22)3-10/h2-7,27H,8-9H2,1H3. The Bertz CT molecular complexity index is 1120. The van der Waals surface area contributed by atoms with Crippen molar-refractivity contribution >= 4 is 33.2 Å². The molecule has 0 aliphatic carbocycles. The summed E-state index contributed by atoms with van der Waals surface area (Å²) < 4.78 is 63.4. The molecule has 5 nitrogen and oxygen atoms in total. The number of esters is 1. The van der Waals surface area contributed by atoms with Crippen molar-refractivity contribution in [2.75, 3.05) is 7.11 Å². The molecule has 0 bridgehead atoms. The highest BCUT2D eigenvalue weighted by atomic mass is 79.9. The van der Waals surface area contributed by atoms with E-state index in [1.165, 1.54) is 25.4 Å². The number of aliphatic hydroxyl groups excluding tert-OH is 1. The number of alkyl halides is 3. The zero-order valence-electron chi connectivity index (χ0n) is 15.8. The van der Waals surface area contributed by atoms with Gasteiger partial charge in [0, 0.05) is 21.1 Å². The summed E-state index contributed by atoms with van der Waals surface area (Å²) in [6.45, 7) is -0.749. The maximum Gasteiger partial charge on any atom is 0.416 e. The first-order valence-electron chi connectivity index (χ1n) is 8.59. The highest BCUT2D eigenvalue weighted by molar-refractivity contribution is 9.10. The fourth-order valence-electron chi connectivity index (χ4n) is 2.74. The molecule has 31 heavy (non-hydrogen) atoms. The summed E-state index contributed by atoms with van der Waals surface area (Å²) in [6, 6.07) is 5.16. The molecule has 0 amide bonds. The third-order valence-electron chi connectivity index (χ3n) is 4.09. The number of hydrogen-bond acceptors (Lipinski definition) is 6. The van der Waals surface area contributed by atoms with Gasteiger partial charge in [-0.3, -0.25) is 4.98 Å². The molecular formula is C20H14BrF4NO4S. The molecule has 0 atom stereocenters. The maximum atomic E-state index is 13.7. The van der Waals surface area contributed by atoms with Gasteiger partial charge < -0.3 is 14.6 Å². The van der Waals surface area contributed by atoms with Crippen molar-refractivity contribution in [1.29, 1.82) is 0 Å². The van der Waals surface area contributed by atoms with Gasteiger partial charge in [-0.25, -0.2) is 9.18 Å². The summed E-state index contributed by atoms with van der Waals surface area (Å²) in [7, 11) is 1.22. The zero-order valence-corrected chi connectivity index (χ0v) is 18.2. The Morgan fingerprint density at radius 3 is 2.61 bits per heavy atom. The average Bonchev–Trinajstić information content (AvgIpc) is 3.15. The molecule has 0 saturated carbocycles. The molecule has 164 valence electrons. The lowest BCUT2D eigenvalue weighted by Gasteiger charge is -2.13. The first kappa shape index (κ1) is 23.2. The van der Waals surface area contributed by atoms with Crippen LogP contribution in [0.25, 0.3) is 11.3 Å². The first-order valence-corrected chi connectivity index (χ1v) is 10.2. The minimum Gasteiger partial charge on any atom is -0.487 e. The third kappa shape index (κ3) is 5.41. The normalized spacial score (nSPS) is 11.5. The van der Waals surface area contributed by atoms with Gasteiger partial charge >= 0.3 is 12.1 Å². The number of halogens is 5. The maximum absolute atomic E-state index is 13.7. The second-order valence-electron chi connectivity index (χ2n) is 6.23. The van der Waals surface area contributed by atoms with E-state index in [0.29, 0.717) is 21.0 Å². The van der Waals surface area contributed by atoms with E-state index in [1.54, 1.807) is 0 Å². The fourth-order valence-corrected chi connectivity index (χ4v) is 3.99. The number of aromatic nitrogens is 1. The quantitative estimate of drug-likeness (QED) is 0.339. The summed E-state index contributed by atoms with van der Waals surface area (Å²) in [5.41, 5.74) is -0.486. The monoisotopic (exact) mass is 519 g/mol. The largest absolute Gasteiger partial charge is 0.487 e. The van der Waals surface area contributed by atoms with Crippen molar-refractivity contribution in [2.24, 2.45) is 0 Å². The molecule has 2 heterocycles. The Balaban J connectivity index is 1.96. The average molecular weight is 520 g/mol. The van der Waals surface area contributed by atoms with E-state index < -0.39 is 23.5 Å². The molecule has 0 spiro atoms. The lowest BCUT2D eigenvalue weighted by atomic mass is 10.1. The Hall–Kier alpha value is -2.50. The molecule has 0 radical (unpaired) electrons. The molecular weight excluding hydrogens is 506 g/mol. The predicted octanol–water partition coefficient (Wildman–Crippen LogP) is 5.59. The lowest BCUT2D eigenvalue weighted by molar-refractivity contribution is -0.137. The summed E-state index contributed by atoms with van der Waals surface area (Å²) >= 11 is 4.26. The topological polar surface area (TPSA) is 68.7 Å². The van der Waals surface area contributed by atoms with Crippen molar-refractivity contribution in [3.05, 3.63) is 67.7 Å². The number of aliphatic hydroxyl groups is 1. The van der Waals surface area contributed by atoms with Gasteiger partial charge in [-0.1, -0.05) is 0 Å². The molecule has 0 aliphatic rings. The molecule has 1 N–H and O–H groups in total. The molecule has 0 fully saturated rings. The third-order valence-corrected chi connectivity index (χ3v) is 5.63. The SMILES string of the molecule is COC(=O)c1cc(-c2ncc(Br)cc2OCc2cc(F)cc(C(F)(F)F)c2)c(CO)s1. The second-order valence-corrected chi connectivity index (χ2v) is 8.28. The Labute approximate surface area is 186 Å². The van der Waals surface area contributed by atoms with E-state index in [-0.39, 0.29) is 35.1 Å². The molecule has 0 saturated heterocycles. The van der Waals surface area contributed by atoms with Crippen molar-refractivity contribution in [1.82, 2.24) is 4.98 Å². The van der Waals surface area contributed by atoms with Gasteiger partial charge in [0.1, 0.15) is 28.7 Å². The van der Waals surface area contributed by atoms with Crippen LogP contribution in [0.2, 0.25) is 0 Å². The van der Waals surface area contributed by atoms with Crippen molar-refractivity contribution < 1.29 is 36.9 Å². The number of benzene rings is 1. The number of hydrogen-bond donors (Lipinski definition) is 1. The summed E-state index contributed by atoms with van der Waals surface area (Å²) in [5, 5.41) is 9.67. The fraction of sp³-hybridized carbons (Fsp3) is 0.200. The van der Waals surface area contributed by atoms with Crippen LogP contribution in [-0.4, -0.2) is 23.2 Å². The van der Waals surface area contributed by atoms with Gasteiger partial charge in [0.25, 0.3) is 0 Å². The highest BCUT2D eigenvalue weighted by Gasteiger charge is 2.31. The lowest BCUT2D eigenvalue weighted by Crippen LogP contribution is -2.07. The van der Waals surface area contributed by atoms with Crippen molar-refractivity contribution in [2.45, 2.75) is 19.4 Å². The number of carbonyl (C=O) groups excluding carboxylic acids is 1. The molecule has 1 aromatic carbocycles. The number of nitrogens with zero attached hydrogens (tertiary/aromatic N) is 1. The first-order chi connectivity index (χ1) is 14.6. The molecule has 0 unspecified atom stereocenters. The highest BCUT2D eigenvalue weighted by Crippen LogP contribution is 2.38. The number of carbonyl (C=O) groups is 1. The van der Waals surface area contributed by atoms with Crippen LogP contribution >= 0.6 is 27.3 Å². The summed E-state index contributed by atoms with van der Waals surface area (Å²) in [4.78, 5) is 16.8. The molecule has 2 aromatic heterocycles. The van der Waals surface area contributed by atoms with Gasteiger partial charge in [-0.05, 0) is 51.8 Å². The van der Waals surface area contributed by atoms with Crippen LogP contribution < -0.4 is 4.74 Å². The molecule has 0 aliphatic heterocycles. The van der Waals surface area contributed by atoms with Gasteiger partial charge in [-0.15, -0.1) is 11.3 Å². The predicted molar refractivity (Wildman–Crippen MR) is 108 cm³/mol. The van der Waals surface area contributed by atoms with Crippen LogP contribution in [0.4, 0.5) is 17.6 Å². The Morgan fingerprint density at radius 2 is 1.97 bits per heavy atom. The van der Waals surface area contributed by atoms with Gasteiger partial charge in [0.2, 0.25) is 0 Å². The van der Waals surface area contributed by atoms with Crippen LogP contribution in [0.15, 0.2) is 41.0 Å². The molecule has 3 rings (SSSR count). The Morgan fingerprint density at radius 1 is 1.23 bits per heavy atom. The van der Waals surface area contributed by atoms with Crippen LogP contribution in [-0.2, 0) is 24.1 Å². The van der Waals surface area contributed by atoms with E-state index in [4.69, 9.17) is 9.47 Å². The number of pyridine rings is 1. The molecule has 3 aromatic rings. The minimum atomic E-state index is -4.70. The van der Waals surface area contributed by atoms with E-state index in [1.807, 2.05) is 0 Å². The number of rotatable bonds is 6. The summed E-state index contributed by atoms with van der Waals surface area (Å²) in [6.07, 6.45) is -3.24. The van der Waals surface area contributed by atoms with Crippen LogP contribution in [0.3, 0.4) is 0 Å². The number of methoxy groups -OCH3 is 1. The van der Waals surface area contributed by atoms with E-state index >= 15 is 0 Å². The van der Waals surface area contributed by atoms with Gasteiger partial charge in [0.05, 0.1) is 19.3 Å². The zero-order chi connectivity index (χ0) is 22.8. The number of thiophene rings is 1. The Kier molecular flexibility index (Phi) is 6.97. The van der Waals surface area contributed by atoms with Crippen LogP contribution in [0, 0.1) is 5.82 Å². The van der Waals surface area contributed by atoms with Gasteiger partial charge in [-0.2, -0.15) is 13.2 Å². The van der Waals surface area contributed by atoms with E-state index in [9.17, 15) is 27.5 Å². The smallest absolute Gasteiger partial charge is 0.416 e. The van der Waals surface area contributed by atoms with Crippen molar-refractivity contribution in [3.63, 3.8) is 0 Å². The number of ether oxygens (including phenoxy) is 2. The summed E-state index contributed by atoms with van der Waals surface area (Å²) in [5.74, 6) is -1.47. The van der Waals surface area contributed by atoms with Gasteiger partial charge in [0.15, 0.2) is 0 Å². The molecule has 11 heteroatoms. The van der Waals surface area contributed by atoms with E-state index in [0.717, 1.165) is 23.5 Å². The van der Waals surface area contributed by atoms with Crippen molar-refractivity contribution in [3.8, 4) is 17.0 Å². The van der Waals surface area contributed by atoms with Crippen LogP contribution in [0.1, 0.15) is 25.7 Å². The minimum absolute atomic E-state index is 0.0267.